The number of benzene rings is 10. The van der Waals surface area contributed by atoms with E-state index in [1.807, 2.05) is 0 Å². The molecule has 0 radical (unpaired) electrons. The molecule has 12 aromatic rings. The molecule has 0 bridgehead atoms. The van der Waals surface area contributed by atoms with Crippen LogP contribution in [0.4, 0.5) is 17.1 Å². The van der Waals surface area contributed by atoms with E-state index in [-0.39, 0.29) is 11.1 Å². The van der Waals surface area contributed by atoms with Gasteiger partial charge in [-0.2, -0.15) is 0 Å². The summed E-state index contributed by atoms with van der Waals surface area (Å²) in [6.45, 7) is 2.80. The fraction of sp³-hybridized carbons (Fsp3) is 0.0508. The van der Waals surface area contributed by atoms with E-state index in [0.29, 0.717) is 9.47 Å². The van der Waals surface area contributed by atoms with Crippen molar-refractivity contribution in [1.29, 1.82) is 0 Å². The van der Waals surface area contributed by atoms with E-state index >= 15 is 0 Å². The molecular weight excluding hydrogens is 753 g/mol. The van der Waals surface area contributed by atoms with Crippen molar-refractivity contribution in [3.63, 3.8) is 0 Å². The maximum absolute atomic E-state index is 10.5. The highest BCUT2D eigenvalue weighted by molar-refractivity contribution is 6.21. The van der Waals surface area contributed by atoms with Gasteiger partial charge in [-0.3, -0.25) is 0 Å². The van der Waals surface area contributed by atoms with Gasteiger partial charge < -0.3 is 13.9 Å². The summed E-state index contributed by atoms with van der Waals surface area (Å²) in [5.41, 5.74) is -12.5. The van der Waals surface area contributed by atoms with Gasteiger partial charge in [-0.05, 0) is 110 Å². The Balaban J connectivity index is 1.33. The molecule has 0 saturated heterocycles. The van der Waals surface area contributed by atoms with Gasteiger partial charge in [0, 0.05) is 44.1 Å². The van der Waals surface area contributed by atoms with E-state index < -0.39 is 321 Å². The van der Waals surface area contributed by atoms with Crippen LogP contribution in [0.25, 0.3) is 93.2 Å². The maximum Gasteiger partial charge on any atom is 0.145 e. The number of hydrogen-bond acceptors (Lipinski definition) is 2. The van der Waals surface area contributed by atoms with E-state index in [2.05, 4.69) is 0 Å². The number of anilines is 3. The van der Waals surface area contributed by atoms with E-state index in [9.17, 15) is 24.7 Å². The van der Waals surface area contributed by atoms with Gasteiger partial charge in [0.05, 0.1) is 74.4 Å². The van der Waals surface area contributed by atoms with Crippen LogP contribution in [-0.4, -0.2) is 4.57 Å². The van der Waals surface area contributed by atoms with E-state index in [1.54, 1.807) is 0 Å². The van der Waals surface area contributed by atoms with Crippen molar-refractivity contribution in [3.8, 4) is 27.9 Å². The molecule has 2 aromatic heterocycles. The molecule has 0 N–H and O–H groups in total. The third-order valence-corrected chi connectivity index (χ3v) is 11.0. The van der Waals surface area contributed by atoms with Gasteiger partial charge in [0.2, 0.25) is 0 Å². The molecule has 62 heavy (non-hydrogen) atoms. The van der Waals surface area contributed by atoms with Gasteiger partial charge in [0.25, 0.3) is 0 Å². The zero-order valence-electron chi connectivity index (χ0n) is 65.8. The molecule has 292 valence electrons. The zero-order chi connectivity index (χ0) is 70.7. The Morgan fingerprint density at radius 1 is 0.468 bits per heavy atom. The summed E-state index contributed by atoms with van der Waals surface area (Å²) in [4.78, 5) is 0.547. The van der Waals surface area contributed by atoms with Gasteiger partial charge in [-0.15, -0.1) is 0 Å². The molecule has 0 fully saturated rings. The second-order valence-corrected chi connectivity index (χ2v) is 14.6. The van der Waals surface area contributed by atoms with Crippen LogP contribution in [0.15, 0.2) is 210 Å². The van der Waals surface area contributed by atoms with Crippen molar-refractivity contribution in [2.75, 3.05) is 4.90 Å². The van der Waals surface area contributed by atoms with Crippen LogP contribution in [0.1, 0.15) is 71.6 Å². The second kappa shape index (κ2) is 13.1. The van der Waals surface area contributed by atoms with Crippen LogP contribution in [0.3, 0.4) is 0 Å². The lowest BCUT2D eigenvalue weighted by Gasteiger charge is -2.30. The topological polar surface area (TPSA) is 21.3 Å². The summed E-state index contributed by atoms with van der Waals surface area (Å²) >= 11 is 0. The Bertz CT molecular complexity index is 5700. The zero-order valence-corrected chi connectivity index (χ0v) is 31.8. The molecule has 0 aliphatic heterocycles. The van der Waals surface area contributed by atoms with Gasteiger partial charge >= 0.3 is 0 Å². The largest absolute Gasteiger partial charge is 0.455 e. The standard InChI is InChI=1S/C59H40N2O/c1-59(2)49-24-11-7-22-46(49)56-50(59)25-15-28-53(56)61(39-32-30-38(31-33-39)60-51-26-12-8-20-43(51)44-21-9-13-27-52(44)60)54-35-34-45(58-57(54)47-23-10-14-29-55(47)62-58)48-36-37-16-3-4-17-40(37)41-18-5-6-19-42(41)48/h3-36H,1-2H3/i3D,4D,5D,6D,7D,8D,9D,10D,11D,12D,13D,14D,15D,16D,17D,18D,19D,20D,21D,22D,23D,24D,25D,26D,27D,28D,29D,30D,31D,32D,33D,34D,35D,36D. The minimum atomic E-state index is -1.81. The molecule has 2 heterocycles. The quantitative estimate of drug-likeness (QED) is 0.161. The predicted octanol–water partition coefficient (Wildman–Crippen LogP) is 16.4. The van der Waals surface area contributed by atoms with Crippen molar-refractivity contribution < 1.29 is 51.0 Å². The van der Waals surface area contributed by atoms with E-state index in [4.69, 9.17) is 26.3 Å². The molecule has 0 saturated carbocycles. The summed E-state index contributed by atoms with van der Waals surface area (Å²) in [6.07, 6.45) is 0. The first-order valence-corrected chi connectivity index (χ1v) is 18.7. The first-order valence-electron chi connectivity index (χ1n) is 35.7. The minimum absolute atomic E-state index is 0.261. The fourth-order valence-corrected chi connectivity index (χ4v) is 8.34. The third-order valence-electron chi connectivity index (χ3n) is 11.0. The van der Waals surface area contributed by atoms with Crippen LogP contribution in [0.2, 0.25) is 0 Å². The summed E-state index contributed by atoms with van der Waals surface area (Å²) < 4.78 is 324. The summed E-state index contributed by atoms with van der Waals surface area (Å²) in [7, 11) is 0. The molecular formula is C59H40N2O. The molecule has 1 aliphatic rings. The Hall–Kier alpha value is -7.88. The third kappa shape index (κ3) is 4.88. The Morgan fingerprint density at radius 3 is 1.85 bits per heavy atom. The van der Waals surface area contributed by atoms with E-state index in [1.165, 1.54) is 13.8 Å². The highest BCUT2D eigenvalue weighted by Crippen LogP contribution is 2.56. The van der Waals surface area contributed by atoms with Crippen LogP contribution < -0.4 is 4.90 Å². The lowest BCUT2D eigenvalue weighted by Crippen LogP contribution is -2.16. The average molecular weight is 827 g/mol. The van der Waals surface area contributed by atoms with Gasteiger partial charge in [-0.25, -0.2) is 0 Å². The molecule has 0 unspecified atom stereocenters. The van der Waals surface area contributed by atoms with E-state index in [0.717, 1.165) is 0 Å². The van der Waals surface area contributed by atoms with Crippen molar-refractivity contribution in [1.82, 2.24) is 4.57 Å². The monoisotopic (exact) mass is 827 g/mol. The molecule has 0 spiro atoms. The lowest BCUT2D eigenvalue weighted by molar-refractivity contribution is 0.660. The number of para-hydroxylation sites is 3. The molecule has 1 aliphatic carbocycles. The van der Waals surface area contributed by atoms with Crippen molar-refractivity contribution in [2.45, 2.75) is 19.3 Å². The summed E-state index contributed by atoms with van der Waals surface area (Å²) in [5, 5.41) is -5.46. The highest BCUT2D eigenvalue weighted by Gasteiger charge is 2.38. The number of fused-ring (bicyclic) bond motifs is 12. The molecule has 3 heteroatoms. The van der Waals surface area contributed by atoms with Gasteiger partial charge in [0.15, 0.2) is 0 Å². The summed E-state index contributed by atoms with van der Waals surface area (Å²) in [5.74, 6) is 0. The molecule has 10 aromatic carbocycles. The fourth-order valence-electron chi connectivity index (χ4n) is 8.34. The van der Waals surface area contributed by atoms with Crippen LogP contribution in [0, 0.1) is 0 Å². The number of hydrogen-bond donors (Lipinski definition) is 0. The number of furan rings is 1. The number of nitrogens with zero attached hydrogens (tertiary/aromatic N) is 2. The Morgan fingerprint density at radius 2 is 1.08 bits per heavy atom. The molecule has 0 atom stereocenters. The molecule has 3 nitrogen and oxygen atoms in total. The highest BCUT2D eigenvalue weighted by atomic mass is 16.3. The number of aromatic nitrogens is 1. The normalized spacial score (nSPS) is 20.8. The first kappa shape index (κ1) is 15.2. The van der Waals surface area contributed by atoms with Crippen molar-refractivity contribution in [2.24, 2.45) is 0 Å². The first-order chi connectivity index (χ1) is 44.7. The smallest absolute Gasteiger partial charge is 0.145 e. The van der Waals surface area contributed by atoms with Crippen molar-refractivity contribution in [3.05, 3.63) is 217 Å². The predicted molar refractivity (Wildman–Crippen MR) is 261 cm³/mol. The van der Waals surface area contributed by atoms with Gasteiger partial charge in [-0.1, -0.05) is 153 Å². The SMILES string of the molecule is [2H]c1c([2H])c([2H])c2c(c1[2H])-c1c(N(c3c([2H])c([2H])c(-n4c5c([2H])c([2H])c([2H])c([2H])c5c5c([2H])c([2H])c([2H])c([2H])c54)c([2H])c3[2H])c3c([2H])c([2H])c(-c4c([2H])c5c([2H])c([2H])c([2H])c([2H])c5c5c([2H])c([2H])c([2H])c([2H])c45)c4oc5c([2H])c([2H])c([2H])c([2H])c5c34)c([2H])c([2H])c([2H])c1C2(C)C. The van der Waals surface area contributed by atoms with Crippen molar-refractivity contribution >= 4 is 82.4 Å². The Kier molecular flexibility index (Phi) is 3.21. The maximum atomic E-state index is 10.5. The van der Waals surface area contributed by atoms with Gasteiger partial charge in [0.1, 0.15) is 11.2 Å². The summed E-state index contributed by atoms with van der Waals surface area (Å²) in [6, 6.07) is -33.7. The Labute approximate surface area is 407 Å². The second-order valence-electron chi connectivity index (χ2n) is 14.6. The molecule has 0 amide bonds. The van der Waals surface area contributed by atoms with Crippen LogP contribution in [0.5, 0.6) is 0 Å². The average Bonchev–Trinajstić information content (AvgIpc) is 1.37. The van der Waals surface area contributed by atoms with Crippen LogP contribution >= 0.6 is 0 Å². The minimum Gasteiger partial charge on any atom is -0.455 e. The van der Waals surface area contributed by atoms with Crippen LogP contribution in [-0.2, 0) is 5.41 Å². The molecule has 13 rings (SSSR count). The number of rotatable bonds is 5. The lowest BCUT2D eigenvalue weighted by atomic mass is 9.82.